The highest BCUT2D eigenvalue weighted by Gasteiger charge is 1.98. The molecule has 0 bridgehead atoms. The first-order valence-corrected chi connectivity index (χ1v) is 3.03. The summed E-state index contributed by atoms with van der Waals surface area (Å²) in [5.41, 5.74) is 0.411. The third-order valence-electron chi connectivity index (χ3n) is 0.859. The number of nitrogens with zero attached hydrogens (tertiary/aromatic N) is 1. The van der Waals surface area contributed by atoms with Gasteiger partial charge in [-0.2, -0.15) is 0 Å². The van der Waals surface area contributed by atoms with Crippen LogP contribution < -0.4 is 0 Å². The van der Waals surface area contributed by atoms with Gasteiger partial charge in [0.1, 0.15) is 0 Å². The van der Waals surface area contributed by atoms with E-state index in [9.17, 15) is 4.79 Å². The monoisotopic (exact) mass is 161 g/mol. The van der Waals surface area contributed by atoms with E-state index in [1.54, 1.807) is 6.92 Å². The number of methoxy groups -OCH3 is 1. The molecule has 0 atom stereocenters. The third-order valence-corrected chi connectivity index (χ3v) is 0.859. The zero-order valence-corrected chi connectivity index (χ0v) is 6.53. The lowest BCUT2D eigenvalue weighted by Gasteiger charge is -1.97. The second-order valence-electron chi connectivity index (χ2n) is 1.83. The predicted octanol–water partition coefficient (Wildman–Crippen LogP) is -0.456. The zero-order valence-electron chi connectivity index (χ0n) is 6.53. The molecule has 0 saturated heterocycles. The highest BCUT2D eigenvalue weighted by molar-refractivity contribution is 5.82. The minimum Gasteiger partial charge on any atom is -0.466 e. The van der Waals surface area contributed by atoms with Crippen molar-refractivity contribution in [3.05, 3.63) is 0 Å². The molecule has 0 aliphatic heterocycles. The van der Waals surface area contributed by atoms with Crippen molar-refractivity contribution in [2.45, 2.75) is 6.92 Å². The molecule has 0 aromatic heterocycles. The molecule has 0 aromatic rings. The molecule has 0 radical (unpaired) electrons. The summed E-state index contributed by atoms with van der Waals surface area (Å²) in [6.45, 7) is 1.17. The molecule has 0 aliphatic carbocycles. The van der Waals surface area contributed by atoms with Crippen LogP contribution >= 0.6 is 0 Å². The van der Waals surface area contributed by atoms with Crippen molar-refractivity contribution in [2.24, 2.45) is 5.16 Å². The Kier molecular flexibility index (Phi) is 5.10. The Balaban J connectivity index is 3.48. The SMILES string of the molecule is COC(=O)CON=C(C)CO. The summed E-state index contributed by atoms with van der Waals surface area (Å²) >= 11 is 0. The topological polar surface area (TPSA) is 68.1 Å². The van der Waals surface area contributed by atoms with Gasteiger partial charge in [0.25, 0.3) is 0 Å². The normalized spacial score (nSPS) is 11.0. The van der Waals surface area contributed by atoms with Gasteiger partial charge in [-0.05, 0) is 6.92 Å². The lowest BCUT2D eigenvalue weighted by atomic mass is 10.5. The molecule has 0 aliphatic rings. The number of ether oxygens (including phenoxy) is 1. The maximum absolute atomic E-state index is 10.4. The van der Waals surface area contributed by atoms with Crippen molar-refractivity contribution in [3.8, 4) is 0 Å². The minimum absolute atomic E-state index is 0.179. The Bertz CT molecular complexity index is 155. The Morgan fingerprint density at radius 1 is 1.64 bits per heavy atom. The molecular formula is C6H11NO4. The first-order chi connectivity index (χ1) is 5.20. The molecule has 0 saturated carbocycles. The molecule has 0 aromatic carbocycles. The van der Waals surface area contributed by atoms with E-state index in [1.807, 2.05) is 0 Å². The zero-order chi connectivity index (χ0) is 8.69. The molecule has 64 valence electrons. The molecule has 5 nitrogen and oxygen atoms in total. The Hall–Kier alpha value is -1.10. The predicted molar refractivity (Wildman–Crippen MR) is 38.2 cm³/mol. The van der Waals surface area contributed by atoms with Gasteiger partial charge in [-0.3, -0.25) is 0 Å². The summed E-state index contributed by atoms with van der Waals surface area (Å²) in [4.78, 5) is 14.9. The number of aliphatic hydroxyl groups excluding tert-OH is 1. The summed E-state index contributed by atoms with van der Waals surface area (Å²) in [6.07, 6.45) is 0. The van der Waals surface area contributed by atoms with E-state index in [0.717, 1.165) is 0 Å². The van der Waals surface area contributed by atoms with Crippen LogP contribution in [0.25, 0.3) is 0 Å². The van der Waals surface area contributed by atoms with Crippen molar-refractivity contribution in [3.63, 3.8) is 0 Å². The van der Waals surface area contributed by atoms with Gasteiger partial charge < -0.3 is 14.7 Å². The fourth-order valence-corrected chi connectivity index (χ4v) is 0.283. The van der Waals surface area contributed by atoms with Crippen LogP contribution in [0.4, 0.5) is 0 Å². The number of esters is 1. The first-order valence-electron chi connectivity index (χ1n) is 3.03. The lowest BCUT2D eigenvalue weighted by Crippen LogP contribution is -2.09. The largest absolute Gasteiger partial charge is 0.466 e. The molecule has 1 N–H and O–H groups in total. The van der Waals surface area contributed by atoms with Crippen LogP contribution in [0, 0.1) is 0 Å². The molecule has 11 heavy (non-hydrogen) atoms. The number of hydrogen-bond donors (Lipinski definition) is 1. The van der Waals surface area contributed by atoms with Crippen molar-refractivity contribution < 1.29 is 19.5 Å². The number of hydrogen-bond acceptors (Lipinski definition) is 5. The summed E-state index contributed by atoms with van der Waals surface area (Å²) in [6, 6.07) is 0. The van der Waals surface area contributed by atoms with Gasteiger partial charge in [-0.15, -0.1) is 0 Å². The maximum Gasteiger partial charge on any atom is 0.346 e. The molecular weight excluding hydrogens is 150 g/mol. The highest BCUT2D eigenvalue weighted by atomic mass is 16.6. The Labute approximate surface area is 64.6 Å². The van der Waals surface area contributed by atoms with Gasteiger partial charge in [-0.25, -0.2) is 4.79 Å². The fourth-order valence-electron chi connectivity index (χ4n) is 0.283. The summed E-state index contributed by atoms with van der Waals surface area (Å²) in [5.74, 6) is -0.500. The smallest absolute Gasteiger partial charge is 0.346 e. The quantitative estimate of drug-likeness (QED) is 0.344. The van der Waals surface area contributed by atoms with E-state index in [2.05, 4.69) is 14.7 Å². The highest BCUT2D eigenvalue weighted by Crippen LogP contribution is 1.81. The molecule has 0 heterocycles. The third kappa shape index (κ3) is 5.35. The van der Waals surface area contributed by atoms with Crippen LogP contribution in [0.3, 0.4) is 0 Å². The van der Waals surface area contributed by atoms with Crippen LogP contribution in [0.2, 0.25) is 0 Å². The average Bonchev–Trinajstić information content (AvgIpc) is 2.04. The summed E-state index contributed by atoms with van der Waals surface area (Å²) in [5, 5.41) is 11.8. The summed E-state index contributed by atoms with van der Waals surface area (Å²) < 4.78 is 4.27. The molecule has 5 heteroatoms. The van der Waals surface area contributed by atoms with Gasteiger partial charge >= 0.3 is 5.97 Å². The van der Waals surface area contributed by atoms with Crippen molar-refractivity contribution in [1.29, 1.82) is 0 Å². The number of rotatable bonds is 4. The van der Waals surface area contributed by atoms with Gasteiger partial charge in [0.15, 0.2) is 0 Å². The number of carbonyl (C=O) groups excluding carboxylic acids is 1. The number of carbonyl (C=O) groups is 1. The Morgan fingerprint density at radius 2 is 2.27 bits per heavy atom. The summed E-state index contributed by atoms with van der Waals surface area (Å²) in [7, 11) is 1.26. The van der Waals surface area contributed by atoms with Crippen molar-refractivity contribution in [2.75, 3.05) is 20.3 Å². The standard InChI is InChI=1S/C6H11NO4/c1-5(3-8)7-11-4-6(9)10-2/h8H,3-4H2,1-2H3. The second kappa shape index (κ2) is 5.67. The second-order valence-corrected chi connectivity index (χ2v) is 1.83. The van der Waals surface area contributed by atoms with Crippen LogP contribution in [0.15, 0.2) is 5.16 Å². The average molecular weight is 161 g/mol. The molecule has 0 spiro atoms. The van der Waals surface area contributed by atoms with Gasteiger partial charge in [0, 0.05) is 0 Å². The molecule has 0 rings (SSSR count). The van der Waals surface area contributed by atoms with Crippen LogP contribution in [-0.4, -0.2) is 37.1 Å². The van der Waals surface area contributed by atoms with Crippen molar-refractivity contribution >= 4 is 11.7 Å². The molecule has 0 amide bonds. The number of aliphatic hydroxyl groups is 1. The van der Waals surface area contributed by atoms with E-state index >= 15 is 0 Å². The maximum atomic E-state index is 10.4. The van der Waals surface area contributed by atoms with E-state index in [4.69, 9.17) is 5.11 Å². The van der Waals surface area contributed by atoms with E-state index < -0.39 is 5.97 Å². The van der Waals surface area contributed by atoms with E-state index in [-0.39, 0.29) is 13.2 Å². The van der Waals surface area contributed by atoms with Gasteiger partial charge in [0.2, 0.25) is 6.61 Å². The van der Waals surface area contributed by atoms with E-state index in [0.29, 0.717) is 5.71 Å². The van der Waals surface area contributed by atoms with Crippen LogP contribution in [0.1, 0.15) is 6.92 Å². The van der Waals surface area contributed by atoms with E-state index in [1.165, 1.54) is 7.11 Å². The number of oxime groups is 1. The molecule has 0 unspecified atom stereocenters. The van der Waals surface area contributed by atoms with Crippen LogP contribution in [-0.2, 0) is 14.4 Å². The van der Waals surface area contributed by atoms with Gasteiger partial charge in [0.05, 0.1) is 19.4 Å². The van der Waals surface area contributed by atoms with Crippen molar-refractivity contribution in [1.82, 2.24) is 0 Å². The fraction of sp³-hybridized carbons (Fsp3) is 0.667. The minimum atomic E-state index is -0.500. The van der Waals surface area contributed by atoms with Crippen LogP contribution in [0.5, 0.6) is 0 Å². The lowest BCUT2D eigenvalue weighted by molar-refractivity contribution is -0.145. The Morgan fingerprint density at radius 3 is 2.73 bits per heavy atom. The van der Waals surface area contributed by atoms with Gasteiger partial charge in [-0.1, -0.05) is 5.16 Å². The molecule has 0 fully saturated rings. The first kappa shape index (κ1) is 9.90.